The smallest absolute Gasteiger partial charge is 0.223 e. The van der Waals surface area contributed by atoms with Gasteiger partial charge in [-0.25, -0.2) is 0 Å². The highest BCUT2D eigenvalue weighted by molar-refractivity contribution is 7.99. The summed E-state index contributed by atoms with van der Waals surface area (Å²) in [5.74, 6) is 3.64. The predicted molar refractivity (Wildman–Crippen MR) is 97.7 cm³/mol. The van der Waals surface area contributed by atoms with Crippen molar-refractivity contribution in [2.45, 2.75) is 43.9 Å². The van der Waals surface area contributed by atoms with Crippen LogP contribution in [0.4, 0.5) is 0 Å². The number of hydrogen-bond acceptors (Lipinski definition) is 4. The van der Waals surface area contributed by atoms with Gasteiger partial charge in [-0.3, -0.25) is 4.79 Å². The van der Waals surface area contributed by atoms with Gasteiger partial charge in [0.15, 0.2) is 0 Å². The maximum Gasteiger partial charge on any atom is 0.223 e. The van der Waals surface area contributed by atoms with Crippen molar-refractivity contribution in [3.8, 4) is 11.5 Å². The van der Waals surface area contributed by atoms with Crippen molar-refractivity contribution >= 4 is 17.7 Å². The highest BCUT2D eigenvalue weighted by Crippen LogP contribution is 2.43. The third kappa shape index (κ3) is 3.82. The van der Waals surface area contributed by atoms with E-state index in [0.717, 1.165) is 41.7 Å². The standard InChI is InChI=1S/C19H27NO3S/c1-22-15-8-9-17(23-2)16(13-15)19-20(11-12-24-19)18(21)10-7-14-5-3-4-6-14/h8-9,13-14,19H,3-7,10-12H2,1-2H3/t19-/m1/s1. The van der Waals surface area contributed by atoms with Crippen LogP contribution in [0.25, 0.3) is 0 Å². The molecule has 5 heteroatoms. The Bertz CT molecular complexity index is 572. The molecule has 1 atom stereocenters. The molecule has 1 aromatic rings. The van der Waals surface area contributed by atoms with E-state index in [1.807, 2.05) is 34.9 Å². The van der Waals surface area contributed by atoms with E-state index in [9.17, 15) is 4.79 Å². The SMILES string of the molecule is COc1ccc(OC)c([C@H]2SCCN2C(=O)CCC2CCCC2)c1. The Balaban J connectivity index is 1.71. The van der Waals surface area contributed by atoms with E-state index < -0.39 is 0 Å². The van der Waals surface area contributed by atoms with E-state index in [4.69, 9.17) is 9.47 Å². The number of hydrogen-bond donors (Lipinski definition) is 0. The van der Waals surface area contributed by atoms with E-state index in [0.29, 0.717) is 6.42 Å². The molecule has 1 heterocycles. The lowest BCUT2D eigenvalue weighted by atomic mass is 10.0. The molecule has 24 heavy (non-hydrogen) atoms. The summed E-state index contributed by atoms with van der Waals surface area (Å²) in [6, 6.07) is 5.82. The Hall–Kier alpha value is -1.36. The van der Waals surface area contributed by atoms with Crippen molar-refractivity contribution in [2.24, 2.45) is 5.92 Å². The topological polar surface area (TPSA) is 38.8 Å². The normalized spacial score (nSPS) is 21.2. The summed E-state index contributed by atoms with van der Waals surface area (Å²) in [6.07, 6.45) is 6.99. The molecule has 0 aromatic heterocycles. The molecular formula is C19H27NO3S. The number of thioether (sulfide) groups is 1. The molecule has 1 amide bonds. The second-order valence-electron chi connectivity index (χ2n) is 6.61. The molecule has 1 aliphatic heterocycles. The second-order valence-corrected chi connectivity index (χ2v) is 7.80. The first-order valence-corrected chi connectivity index (χ1v) is 9.91. The molecule has 132 valence electrons. The van der Waals surface area contributed by atoms with Crippen molar-refractivity contribution < 1.29 is 14.3 Å². The summed E-state index contributed by atoms with van der Waals surface area (Å²) in [5, 5.41) is 0.0335. The van der Waals surface area contributed by atoms with Crippen LogP contribution in [0.2, 0.25) is 0 Å². The van der Waals surface area contributed by atoms with Crippen molar-refractivity contribution in [2.75, 3.05) is 26.5 Å². The Morgan fingerprint density at radius 2 is 2.04 bits per heavy atom. The Kier molecular flexibility index (Phi) is 5.93. The van der Waals surface area contributed by atoms with Gasteiger partial charge in [0.1, 0.15) is 16.9 Å². The molecule has 1 saturated carbocycles. The van der Waals surface area contributed by atoms with Crippen LogP contribution in [-0.4, -0.2) is 37.3 Å². The van der Waals surface area contributed by atoms with Crippen molar-refractivity contribution in [3.63, 3.8) is 0 Å². The predicted octanol–water partition coefficient (Wildman–Crippen LogP) is 4.25. The van der Waals surface area contributed by atoms with Crippen LogP contribution in [0.1, 0.15) is 49.5 Å². The zero-order chi connectivity index (χ0) is 16.9. The number of amides is 1. The maximum absolute atomic E-state index is 12.8. The van der Waals surface area contributed by atoms with Gasteiger partial charge in [-0.1, -0.05) is 25.7 Å². The lowest BCUT2D eigenvalue weighted by Crippen LogP contribution is -2.30. The maximum atomic E-state index is 12.8. The molecule has 4 nitrogen and oxygen atoms in total. The summed E-state index contributed by atoms with van der Waals surface area (Å²) in [4.78, 5) is 14.8. The van der Waals surface area contributed by atoms with Crippen LogP contribution in [0.3, 0.4) is 0 Å². The van der Waals surface area contributed by atoms with Gasteiger partial charge in [-0.2, -0.15) is 0 Å². The number of nitrogens with zero attached hydrogens (tertiary/aromatic N) is 1. The van der Waals surface area contributed by atoms with Crippen LogP contribution < -0.4 is 9.47 Å². The van der Waals surface area contributed by atoms with E-state index in [-0.39, 0.29) is 11.3 Å². The summed E-state index contributed by atoms with van der Waals surface area (Å²) in [6.45, 7) is 0.819. The first-order valence-electron chi connectivity index (χ1n) is 8.86. The molecule has 2 fully saturated rings. The zero-order valence-electron chi connectivity index (χ0n) is 14.6. The Labute approximate surface area is 148 Å². The number of rotatable bonds is 6. The molecule has 0 unspecified atom stereocenters. The van der Waals surface area contributed by atoms with Crippen molar-refractivity contribution in [1.29, 1.82) is 0 Å². The minimum absolute atomic E-state index is 0.0335. The van der Waals surface area contributed by atoms with Gasteiger partial charge in [0.2, 0.25) is 5.91 Å². The van der Waals surface area contributed by atoms with Gasteiger partial charge in [0.25, 0.3) is 0 Å². The van der Waals surface area contributed by atoms with Crippen LogP contribution in [0.15, 0.2) is 18.2 Å². The number of ether oxygens (including phenoxy) is 2. The molecule has 1 aliphatic carbocycles. The molecule has 1 saturated heterocycles. The number of methoxy groups -OCH3 is 2. The summed E-state index contributed by atoms with van der Waals surface area (Å²) in [5.41, 5.74) is 1.04. The molecule has 0 radical (unpaired) electrons. The lowest BCUT2D eigenvalue weighted by Gasteiger charge is -2.26. The van der Waals surface area contributed by atoms with E-state index in [1.54, 1.807) is 14.2 Å². The van der Waals surface area contributed by atoms with Gasteiger partial charge < -0.3 is 14.4 Å². The third-order valence-corrected chi connectivity index (χ3v) is 6.40. The molecule has 2 aliphatic rings. The first-order chi connectivity index (χ1) is 11.7. The summed E-state index contributed by atoms with van der Waals surface area (Å²) in [7, 11) is 3.34. The van der Waals surface area contributed by atoms with Gasteiger partial charge >= 0.3 is 0 Å². The number of carbonyl (C=O) groups is 1. The van der Waals surface area contributed by atoms with Gasteiger partial charge in [-0.05, 0) is 30.5 Å². The average Bonchev–Trinajstić information content (AvgIpc) is 3.30. The highest BCUT2D eigenvalue weighted by atomic mass is 32.2. The van der Waals surface area contributed by atoms with Gasteiger partial charge in [0, 0.05) is 24.3 Å². The Morgan fingerprint density at radius 1 is 1.25 bits per heavy atom. The molecule has 3 rings (SSSR count). The molecule has 1 aromatic carbocycles. The molecule has 0 bridgehead atoms. The second kappa shape index (κ2) is 8.15. The van der Waals surface area contributed by atoms with Gasteiger partial charge in [0.05, 0.1) is 14.2 Å². The van der Waals surface area contributed by atoms with E-state index in [2.05, 4.69) is 0 Å². The van der Waals surface area contributed by atoms with E-state index >= 15 is 0 Å². The quantitative estimate of drug-likeness (QED) is 0.770. The minimum Gasteiger partial charge on any atom is -0.497 e. The van der Waals surface area contributed by atoms with Crippen molar-refractivity contribution in [3.05, 3.63) is 23.8 Å². The summed E-state index contributed by atoms with van der Waals surface area (Å²) < 4.78 is 10.9. The monoisotopic (exact) mass is 349 g/mol. The largest absolute Gasteiger partial charge is 0.497 e. The average molecular weight is 349 g/mol. The zero-order valence-corrected chi connectivity index (χ0v) is 15.4. The molecular weight excluding hydrogens is 322 g/mol. The first kappa shape index (κ1) is 17.5. The van der Waals surface area contributed by atoms with Crippen LogP contribution in [0, 0.1) is 5.92 Å². The van der Waals surface area contributed by atoms with Gasteiger partial charge in [-0.15, -0.1) is 11.8 Å². The van der Waals surface area contributed by atoms with Crippen LogP contribution in [0.5, 0.6) is 11.5 Å². The summed E-state index contributed by atoms with van der Waals surface area (Å²) >= 11 is 1.81. The fourth-order valence-corrected chi connectivity index (χ4v) is 5.08. The number of benzene rings is 1. The van der Waals surface area contributed by atoms with Crippen molar-refractivity contribution in [1.82, 2.24) is 4.90 Å². The fourth-order valence-electron chi connectivity index (χ4n) is 3.79. The minimum atomic E-state index is 0.0335. The fraction of sp³-hybridized carbons (Fsp3) is 0.632. The molecule has 0 spiro atoms. The van der Waals surface area contributed by atoms with E-state index in [1.165, 1.54) is 25.7 Å². The Morgan fingerprint density at radius 3 is 2.75 bits per heavy atom. The number of carbonyl (C=O) groups excluding carboxylic acids is 1. The highest BCUT2D eigenvalue weighted by Gasteiger charge is 2.33. The van der Waals surface area contributed by atoms with Crippen LogP contribution >= 0.6 is 11.8 Å². The lowest BCUT2D eigenvalue weighted by molar-refractivity contribution is -0.131. The van der Waals surface area contributed by atoms with Crippen LogP contribution in [-0.2, 0) is 4.79 Å². The third-order valence-electron chi connectivity index (χ3n) is 5.16. The molecule has 0 N–H and O–H groups in total.